The minimum Gasteiger partial charge on any atom is -0.302 e. The van der Waals surface area contributed by atoms with E-state index in [-0.39, 0.29) is 11.5 Å². The molecule has 1 N–H and O–H groups in total. The molecule has 3 saturated carbocycles. The molecule has 0 aromatic carbocycles. The Morgan fingerprint density at radius 3 is 2.65 bits per heavy atom. The second kappa shape index (κ2) is 6.44. The van der Waals surface area contributed by atoms with E-state index >= 15 is 0 Å². The fraction of sp³-hybridized carbons (Fsp3) is 0.905. The Morgan fingerprint density at radius 1 is 1.15 bits per heavy atom. The van der Waals surface area contributed by atoms with Crippen molar-refractivity contribution in [3.8, 4) is 0 Å². The molecule has 4 aliphatic carbocycles. The minimum atomic E-state index is -3.90. The molecule has 4 rings (SSSR count). The lowest BCUT2D eigenvalue weighted by molar-refractivity contribution is -0.0473. The van der Waals surface area contributed by atoms with Crippen LogP contribution in [0.4, 0.5) is 0 Å². The minimum absolute atomic E-state index is 0.193. The highest BCUT2D eigenvalue weighted by Crippen LogP contribution is 2.66. The Hall–Kier alpha value is -0.150. The highest BCUT2D eigenvalue weighted by atomic mass is 31.2. The van der Waals surface area contributed by atoms with Crippen molar-refractivity contribution in [1.82, 2.24) is 0 Å². The van der Waals surface area contributed by atoms with Crippen LogP contribution in [-0.4, -0.2) is 18.1 Å². The van der Waals surface area contributed by atoms with Crippen LogP contribution in [0.15, 0.2) is 11.6 Å². The largest absolute Gasteiger partial charge is 0.472 e. The quantitative estimate of drug-likeness (QED) is 0.501. The van der Waals surface area contributed by atoms with Gasteiger partial charge in [0.2, 0.25) is 0 Å². The molecule has 8 unspecified atom stereocenters. The first-order valence-corrected chi connectivity index (χ1v) is 12.0. The Balaban J connectivity index is 1.55. The molecule has 26 heavy (non-hydrogen) atoms. The number of phosphoric ester groups is 1. The molecular formula is C21H35O4P. The summed E-state index contributed by atoms with van der Waals surface area (Å²) in [4.78, 5) is 9.67. The van der Waals surface area contributed by atoms with E-state index in [1.54, 1.807) is 0 Å². The standard InChI is InChI=1S/C21H35O4P/c1-14-5-8-18-17-7-6-15-13-16(25-26(22,23)24-4)9-11-21(15,3)19(17)10-12-20(14,18)2/h6,14,16-19H,5,7-13H2,1-4H3,(H,22,23). The molecule has 5 heteroatoms. The normalized spacial score (nSPS) is 50.2. The third kappa shape index (κ3) is 2.87. The Bertz CT molecular complexity index is 646. The SMILES string of the molecule is COP(=O)(O)OC1CCC2(C)C(=CCC3C2CCC2(C)C(C)CCC32)C1. The van der Waals surface area contributed by atoms with Gasteiger partial charge in [0.05, 0.1) is 6.10 Å². The first kappa shape index (κ1) is 19.2. The van der Waals surface area contributed by atoms with Crippen molar-refractivity contribution in [2.75, 3.05) is 7.11 Å². The van der Waals surface area contributed by atoms with Crippen molar-refractivity contribution < 1.29 is 18.5 Å². The highest BCUT2D eigenvalue weighted by molar-refractivity contribution is 7.47. The van der Waals surface area contributed by atoms with Crippen LogP contribution in [0.25, 0.3) is 0 Å². The summed E-state index contributed by atoms with van der Waals surface area (Å²) < 4.78 is 21.8. The number of fused-ring (bicyclic) bond motifs is 5. The van der Waals surface area contributed by atoms with Gasteiger partial charge in [-0.25, -0.2) is 4.57 Å². The van der Waals surface area contributed by atoms with E-state index in [2.05, 4.69) is 31.4 Å². The molecule has 0 aliphatic heterocycles. The maximum absolute atomic E-state index is 11.8. The van der Waals surface area contributed by atoms with Gasteiger partial charge in [0, 0.05) is 7.11 Å². The number of allylic oxidation sites excluding steroid dienone is 1. The fourth-order valence-electron chi connectivity index (χ4n) is 7.21. The van der Waals surface area contributed by atoms with Crippen LogP contribution in [0.3, 0.4) is 0 Å². The van der Waals surface area contributed by atoms with Crippen LogP contribution in [0, 0.1) is 34.5 Å². The van der Waals surface area contributed by atoms with Gasteiger partial charge in [-0.3, -0.25) is 9.05 Å². The lowest BCUT2D eigenvalue weighted by atomic mass is 9.47. The Morgan fingerprint density at radius 2 is 1.92 bits per heavy atom. The maximum atomic E-state index is 11.8. The van der Waals surface area contributed by atoms with E-state index in [1.165, 1.54) is 44.8 Å². The predicted octanol–water partition coefficient (Wildman–Crippen LogP) is 5.72. The van der Waals surface area contributed by atoms with Gasteiger partial charge in [-0.05, 0) is 85.9 Å². The van der Waals surface area contributed by atoms with Crippen LogP contribution in [0.5, 0.6) is 0 Å². The van der Waals surface area contributed by atoms with Gasteiger partial charge in [-0.15, -0.1) is 0 Å². The van der Waals surface area contributed by atoms with Gasteiger partial charge in [-0.2, -0.15) is 0 Å². The molecule has 0 aromatic rings. The van der Waals surface area contributed by atoms with Crippen LogP contribution in [-0.2, 0) is 13.6 Å². The second-order valence-corrected chi connectivity index (χ2v) is 11.4. The van der Waals surface area contributed by atoms with Gasteiger partial charge in [0.15, 0.2) is 0 Å². The summed E-state index contributed by atoms with van der Waals surface area (Å²) in [7, 11) is -2.66. The lowest BCUT2D eigenvalue weighted by Gasteiger charge is -2.58. The zero-order chi connectivity index (χ0) is 18.7. The molecule has 0 aromatic heterocycles. The molecule has 0 bridgehead atoms. The molecule has 0 amide bonds. The third-order valence-corrected chi connectivity index (χ3v) is 10.1. The summed E-state index contributed by atoms with van der Waals surface area (Å²) in [6, 6.07) is 0. The van der Waals surface area contributed by atoms with Gasteiger partial charge in [0.1, 0.15) is 0 Å². The summed E-state index contributed by atoms with van der Waals surface area (Å²) in [5.74, 6) is 3.34. The lowest BCUT2D eigenvalue weighted by Crippen LogP contribution is -2.50. The molecule has 0 radical (unpaired) electrons. The maximum Gasteiger partial charge on any atom is 0.472 e. The van der Waals surface area contributed by atoms with E-state index in [4.69, 9.17) is 4.52 Å². The highest BCUT2D eigenvalue weighted by Gasteiger charge is 2.57. The smallest absolute Gasteiger partial charge is 0.302 e. The van der Waals surface area contributed by atoms with Gasteiger partial charge < -0.3 is 4.89 Å². The van der Waals surface area contributed by atoms with Crippen molar-refractivity contribution in [1.29, 1.82) is 0 Å². The number of hydrogen-bond donors (Lipinski definition) is 1. The summed E-state index contributed by atoms with van der Waals surface area (Å²) in [5.41, 5.74) is 2.27. The zero-order valence-electron chi connectivity index (χ0n) is 16.7. The third-order valence-electron chi connectivity index (χ3n) is 9.05. The van der Waals surface area contributed by atoms with Gasteiger partial charge >= 0.3 is 7.82 Å². The van der Waals surface area contributed by atoms with Crippen molar-refractivity contribution in [3.63, 3.8) is 0 Å². The second-order valence-electron chi connectivity index (χ2n) is 9.90. The van der Waals surface area contributed by atoms with Crippen molar-refractivity contribution >= 4 is 7.82 Å². The monoisotopic (exact) mass is 382 g/mol. The number of rotatable bonds is 3. The molecule has 0 heterocycles. The fourth-order valence-corrected chi connectivity index (χ4v) is 7.85. The van der Waals surface area contributed by atoms with Crippen molar-refractivity contribution in [3.05, 3.63) is 11.6 Å². The summed E-state index contributed by atoms with van der Waals surface area (Å²) in [5, 5.41) is 0. The molecule has 8 atom stereocenters. The van der Waals surface area contributed by atoms with E-state index in [9.17, 15) is 9.46 Å². The summed E-state index contributed by atoms with van der Waals surface area (Å²) >= 11 is 0. The number of phosphoric acid groups is 1. The molecular weight excluding hydrogens is 347 g/mol. The first-order valence-electron chi connectivity index (χ1n) is 10.5. The molecule has 4 nitrogen and oxygen atoms in total. The van der Waals surface area contributed by atoms with E-state index in [0.717, 1.165) is 42.9 Å². The van der Waals surface area contributed by atoms with Crippen molar-refractivity contribution in [2.24, 2.45) is 34.5 Å². The van der Waals surface area contributed by atoms with E-state index in [1.807, 2.05) is 0 Å². The molecule has 148 valence electrons. The molecule has 0 spiro atoms. The van der Waals surface area contributed by atoms with Crippen LogP contribution >= 0.6 is 7.82 Å². The predicted molar refractivity (Wildman–Crippen MR) is 103 cm³/mol. The average Bonchev–Trinajstić information content (AvgIpc) is 2.90. The Labute approximate surface area is 158 Å². The summed E-state index contributed by atoms with van der Waals surface area (Å²) in [6.45, 7) is 7.49. The molecule has 3 fully saturated rings. The van der Waals surface area contributed by atoms with E-state index in [0.29, 0.717) is 5.41 Å². The molecule has 4 aliphatic rings. The van der Waals surface area contributed by atoms with E-state index < -0.39 is 7.82 Å². The topological polar surface area (TPSA) is 55.8 Å². The first-order chi connectivity index (χ1) is 12.2. The Kier molecular flexibility index (Phi) is 4.75. The van der Waals surface area contributed by atoms with Gasteiger partial charge in [-0.1, -0.05) is 32.4 Å². The van der Waals surface area contributed by atoms with Gasteiger partial charge in [0.25, 0.3) is 0 Å². The summed E-state index contributed by atoms with van der Waals surface area (Å²) in [6.07, 6.45) is 11.7. The zero-order valence-corrected chi connectivity index (χ0v) is 17.6. The van der Waals surface area contributed by atoms with Crippen molar-refractivity contribution in [2.45, 2.75) is 78.2 Å². The van der Waals surface area contributed by atoms with Crippen LogP contribution in [0.2, 0.25) is 0 Å². The van der Waals surface area contributed by atoms with Crippen LogP contribution < -0.4 is 0 Å². The number of hydrogen-bond acceptors (Lipinski definition) is 3. The average molecular weight is 382 g/mol. The molecule has 0 saturated heterocycles. The van der Waals surface area contributed by atoms with Crippen LogP contribution in [0.1, 0.15) is 72.1 Å².